The van der Waals surface area contributed by atoms with Crippen molar-refractivity contribution < 1.29 is 0 Å². The molecule has 1 aliphatic rings. The highest BCUT2D eigenvalue weighted by Crippen LogP contribution is 2.35. The number of fused-ring (bicyclic) bond motifs is 1. The zero-order chi connectivity index (χ0) is 12.5. The summed E-state index contributed by atoms with van der Waals surface area (Å²) < 4.78 is 3.32. The molecule has 0 radical (unpaired) electrons. The first-order valence-electron chi connectivity index (χ1n) is 6.90. The van der Waals surface area contributed by atoms with Crippen LogP contribution in [-0.4, -0.2) is 9.38 Å². The van der Waals surface area contributed by atoms with E-state index in [4.69, 9.17) is 4.98 Å². The van der Waals surface area contributed by atoms with Gasteiger partial charge >= 0.3 is 0 Å². The Bertz CT molecular complexity index is 551. The monoisotopic (exact) mass is 306 g/mol. The van der Waals surface area contributed by atoms with Crippen LogP contribution >= 0.6 is 15.9 Å². The molecule has 0 atom stereocenters. The van der Waals surface area contributed by atoms with Crippen molar-refractivity contribution in [2.75, 3.05) is 0 Å². The quantitative estimate of drug-likeness (QED) is 0.689. The van der Waals surface area contributed by atoms with E-state index in [2.05, 4.69) is 45.6 Å². The first-order valence-corrected chi connectivity index (χ1v) is 7.69. The highest BCUT2D eigenvalue weighted by molar-refractivity contribution is 9.10. The molecule has 3 rings (SSSR count). The maximum Gasteiger partial charge on any atom is 0.138 e. The molecule has 3 heteroatoms. The van der Waals surface area contributed by atoms with Crippen LogP contribution in [0.25, 0.3) is 5.65 Å². The van der Waals surface area contributed by atoms with Crippen molar-refractivity contribution in [3.8, 4) is 0 Å². The number of rotatable bonds is 1. The minimum atomic E-state index is 0.641. The summed E-state index contributed by atoms with van der Waals surface area (Å²) in [6.07, 6.45) is 10.2. The van der Waals surface area contributed by atoms with E-state index in [0.29, 0.717) is 5.92 Å². The molecule has 0 saturated heterocycles. The van der Waals surface area contributed by atoms with Crippen molar-refractivity contribution in [2.24, 2.45) is 0 Å². The first-order chi connectivity index (χ1) is 8.75. The fourth-order valence-corrected chi connectivity index (χ4v) is 3.66. The summed E-state index contributed by atoms with van der Waals surface area (Å²) in [5.41, 5.74) is 3.61. The summed E-state index contributed by atoms with van der Waals surface area (Å²) in [7, 11) is 0. The molecule has 0 aromatic carbocycles. The van der Waals surface area contributed by atoms with Gasteiger partial charge in [0.15, 0.2) is 0 Å². The second-order valence-electron chi connectivity index (χ2n) is 5.41. The van der Waals surface area contributed by atoms with Crippen LogP contribution in [0.5, 0.6) is 0 Å². The summed E-state index contributed by atoms with van der Waals surface area (Å²) in [4.78, 5) is 4.85. The van der Waals surface area contributed by atoms with Crippen LogP contribution < -0.4 is 0 Å². The minimum Gasteiger partial charge on any atom is -0.294 e. The molecule has 1 aliphatic carbocycles. The third-order valence-corrected chi connectivity index (χ3v) is 4.78. The second-order valence-corrected chi connectivity index (χ2v) is 6.16. The number of imidazole rings is 1. The normalized spacial score (nSPS) is 18.1. The lowest BCUT2D eigenvalue weighted by molar-refractivity contribution is 0.578. The fourth-order valence-electron chi connectivity index (χ4n) is 2.95. The number of hydrogen-bond donors (Lipinski definition) is 0. The molecule has 2 aromatic rings. The highest BCUT2D eigenvalue weighted by atomic mass is 79.9. The number of halogens is 1. The summed E-state index contributed by atoms with van der Waals surface area (Å²) in [5.74, 6) is 0.641. The van der Waals surface area contributed by atoms with Gasteiger partial charge in [0.1, 0.15) is 10.3 Å². The average molecular weight is 307 g/mol. The Kier molecular flexibility index (Phi) is 3.42. The third-order valence-electron chi connectivity index (χ3n) is 3.99. The van der Waals surface area contributed by atoms with Gasteiger partial charge in [0, 0.05) is 12.1 Å². The van der Waals surface area contributed by atoms with E-state index >= 15 is 0 Å². The molecule has 0 unspecified atom stereocenters. The van der Waals surface area contributed by atoms with Gasteiger partial charge in [-0.25, -0.2) is 4.98 Å². The average Bonchev–Trinajstić information content (AvgIpc) is 2.57. The summed E-state index contributed by atoms with van der Waals surface area (Å²) >= 11 is 3.74. The minimum absolute atomic E-state index is 0.641. The lowest BCUT2D eigenvalue weighted by Crippen LogP contribution is -1.98. The second kappa shape index (κ2) is 5.04. The molecular formula is C15H19BrN2. The standard InChI is InChI=1S/C15H19BrN2/c1-11-8-9-18-13(10-11)17-14(15(18)16)12-6-4-2-3-5-7-12/h8-10,12H,2-7H2,1H3. The van der Waals surface area contributed by atoms with Gasteiger partial charge in [0.2, 0.25) is 0 Å². The predicted molar refractivity (Wildman–Crippen MR) is 78.1 cm³/mol. The predicted octanol–water partition coefficient (Wildman–Crippen LogP) is 4.84. The van der Waals surface area contributed by atoms with E-state index in [1.807, 2.05) is 0 Å². The molecule has 0 amide bonds. The topological polar surface area (TPSA) is 17.3 Å². The van der Waals surface area contributed by atoms with Crippen molar-refractivity contribution >= 4 is 21.6 Å². The van der Waals surface area contributed by atoms with Gasteiger partial charge in [-0.15, -0.1) is 0 Å². The van der Waals surface area contributed by atoms with Crippen LogP contribution in [0.15, 0.2) is 22.9 Å². The number of aromatic nitrogens is 2. The SMILES string of the molecule is Cc1ccn2c(Br)c(C3CCCCCC3)nc2c1. The number of pyridine rings is 1. The summed E-state index contributed by atoms with van der Waals surface area (Å²) in [6, 6.07) is 4.29. The number of hydrogen-bond acceptors (Lipinski definition) is 1. The molecular weight excluding hydrogens is 288 g/mol. The van der Waals surface area contributed by atoms with E-state index in [-0.39, 0.29) is 0 Å². The lowest BCUT2D eigenvalue weighted by Gasteiger charge is -2.11. The van der Waals surface area contributed by atoms with Crippen molar-refractivity contribution in [3.05, 3.63) is 34.2 Å². The van der Waals surface area contributed by atoms with Crippen molar-refractivity contribution in [1.82, 2.24) is 9.38 Å². The Labute approximate surface area is 117 Å². The van der Waals surface area contributed by atoms with Gasteiger partial charge in [0.25, 0.3) is 0 Å². The van der Waals surface area contributed by atoms with Crippen molar-refractivity contribution in [3.63, 3.8) is 0 Å². The third kappa shape index (κ3) is 2.20. The summed E-state index contributed by atoms with van der Waals surface area (Å²) in [6.45, 7) is 2.12. The zero-order valence-electron chi connectivity index (χ0n) is 10.8. The maximum absolute atomic E-state index is 4.85. The molecule has 0 N–H and O–H groups in total. The smallest absolute Gasteiger partial charge is 0.138 e. The van der Waals surface area contributed by atoms with Crippen LogP contribution in [0.1, 0.15) is 55.7 Å². The van der Waals surface area contributed by atoms with Crippen LogP contribution in [0.3, 0.4) is 0 Å². The Morgan fingerprint density at radius 1 is 1.22 bits per heavy atom. The van der Waals surface area contributed by atoms with Gasteiger partial charge in [-0.1, -0.05) is 25.7 Å². The molecule has 1 saturated carbocycles. The molecule has 1 fully saturated rings. The Hall–Kier alpha value is -0.830. The van der Waals surface area contributed by atoms with Gasteiger partial charge in [0.05, 0.1) is 5.69 Å². The lowest BCUT2D eigenvalue weighted by atomic mass is 9.97. The van der Waals surface area contributed by atoms with Crippen LogP contribution in [0.2, 0.25) is 0 Å². The fraction of sp³-hybridized carbons (Fsp3) is 0.533. The van der Waals surface area contributed by atoms with E-state index in [1.54, 1.807) is 0 Å². The summed E-state index contributed by atoms with van der Waals surface area (Å²) in [5, 5.41) is 0. The van der Waals surface area contributed by atoms with E-state index < -0.39 is 0 Å². The van der Waals surface area contributed by atoms with E-state index in [9.17, 15) is 0 Å². The molecule has 0 aliphatic heterocycles. The van der Waals surface area contributed by atoms with Gasteiger partial charge in [-0.2, -0.15) is 0 Å². The molecule has 18 heavy (non-hydrogen) atoms. The first kappa shape index (κ1) is 12.2. The maximum atomic E-state index is 4.85. The molecule has 96 valence electrons. The Balaban J connectivity index is 2.02. The Morgan fingerprint density at radius 3 is 2.67 bits per heavy atom. The van der Waals surface area contributed by atoms with Crippen LogP contribution in [-0.2, 0) is 0 Å². The van der Waals surface area contributed by atoms with Crippen LogP contribution in [0.4, 0.5) is 0 Å². The number of nitrogens with zero attached hydrogens (tertiary/aromatic N) is 2. The largest absolute Gasteiger partial charge is 0.294 e. The number of aryl methyl sites for hydroxylation is 1. The molecule has 0 spiro atoms. The molecule has 0 bridgehead atoms. The van der Waals surface area contributed by atoms with Gasteiger partial charge < -0.3 is 0 Å². The van der Waals surface area contributed by atoms with E-state index in [1.165, 1.54) is 49.8 Å². The van der Waals surface area contributed by atoms with Gasteiger partial charge in [-0.3, -0.25) is 4.40 Å². The molecule has 2 heterocycles. The van der Waals surface area contributed by atoms with Crippen molar-refractivity contribution in [2.45, 2.75) is 51.4 Å². The van der Waals surface area contributed by atoms with E-state index in [0.717, 1.165) is 10.3 Å². The Morgan fingerprint density at radius 2 is 1.94 bits per heavy atom. The van der Waals surface area contributed by atoms with Crippen LogP contribution in [0, 0.1) is 6.92 Å². The zero-order valence-corrected chi connectivity index (χ0v) is 12.4. The van der Waals surface area contributed by atoms with Crippen molar-refractivity contribution in [1.29, 1.82) is 0 Å². The molecule has 2 aromatic heterocycles. The molecule has 2 nitrogen and oxygen atoms in total. The highest BCUT2D eigenvalue weighted by Gasteiger charge is 2.21. The van der Waals surface area contributed by atoms with Gasteiger partial charge in [-0.05, 0) is 53.4 Å².